The lowest BCUT2D eigenvalue weighted by Gasteiger charge is -2.06. The molecule has 0 N–H and O–H groups in total. The second-order valence-corrected chi connectivity index (χ2v) is 5.50. The summed E-state index contributed by atoms with van der Waals surface area (Å²) in [5.41, 5.74) is 0.739. The number of ether oxygens (including phenoxy) is 1. The van der Waals surface area contributed by atoms with Crippen LogP contribution in [0.5, 0.6) is 5.75 Å². The Morgan fingerprint density at radius 3 is 2.55 bits per heavy atom. The van der Waals surface area contributed by atoms with Gasteiger partial charge in [0.1, 0.15) is 18.2 Å². The monoisotopic (exact) mass is 356 g/mol. The van der Waals surface area contributed by atoms with Gasteiger partial charge in [0, 0.05) is 11.4 Å². The first-order valence-corrected chi connectivity index (χ1v) is 7.05. The molecule has 5 heteroatoms. The van der Waals surface area contributed by atoms with Crippen molar-refractivity contribution in [3.05, 3.63) is 63.3 Å². The molecule has 0 unspecified atom stereocenters. The number of Topliss-reactive ketones (excluding diaryl/α,β-unsaturated/α-hetero) is 1. The van der Waals surface area contributed by atoms with E-state index in [-0.39, 0.29) is 24.6 Å². The van der Waals surface area contributed by atoms with Crippen molar-refractivity contribution in [1.82, 2.24) is 0 Å². The fourth-order valence-electron chi connectivity index (χ4n) is 1.62. The van der Waals surface area contributed by atoms with Crippen LogP contribution in [0.2, 0.25) is 5.02 Å². The van der Waals surface area contributed by atoms with E-state index in [9.17, 15) is 9.18 Å². The lowest BCUT2D eigenvalue weighted by atomic mass is 10.1. The zero-order valence-corrected chi connectivity index (χ0v) is 12.7. The molecule has 2 aromatic carbocycles. The molecule has 2 rings (SSSR count). The van der Waals surface area contributed by atoms with E-state index < -0.39 is 0 Å². The van der Waals surface area contributed by atoms with E-state index in [0.29, 0.717) is 15.2 Å². The van der Waals surface area contributed by atoms with Crippen molar-refractivity contribution in [2.45, 2.75) is 6.42 Å². The van der Waals surface area contributed by atoms with E-state index >= 15 is 0 Å². The van der Waals surface area contributed by atoms with Gasteiger partial charge in [0.25, 0.3) is 0 Å². The first kappa shape index (κ1) is 15.0. The summed E-state index contributed by atoms with van der Waals surface area (Å²) < 4.78 is 18.8. The minimum Gasteiger partial charge on any atom is -0.486 e. The Morgan fingerprint density at radius 1 is 1.20 bits per heavy atom. The van der Waals surface area contributed by atoms with Crippen LogP contribution in [0.25, 0.3) is 0 Å². The van der Waals surface area contributed by atoms with Gasteiger partial charge >= 0.3 is 0 Å². The second kappa shape index (κ2) is 6.86. The summed E-state index contributed by atoms with van der Waals surface area (Å²) in [6.07, 6.45) is 0.201. The number of benzene rings is 2. The SMILES string of the molecule is O=C(COc1ccc(Cl)cc1)Cc1ccc(F)c(Br)c1. The third-order valence-corrected chi connectivity index (χ3v) is 3.46. The lowest BCUT2D eigenvalue weighted by molar-refractivity contribution is -0.120. The van der Waals surface area contributed by atoms with E-state index in [1.54, 1.807) is 36.4 Å². The zero-order chi connectivity index (χ0) is 14.5. The Morgan fingerprint density at radius 2 is 1.90 bits per heavy atom. The van der Waals surface area contributed by atoms with Crippen LogP contribution in [0, 0.1) is 5.82 Å². The highest BCUT2D eigenvalue weighted by Gasteiger charge is 2.07. The molecule has 0 aromatic heterocycles. The molecular formula is C15H11BrClFO2. The van der Waals surface area contributed by atoms with Crippen LogP contribution in [0.1, 0.15) is 5.56 Å². The van der Waals surface area contributed by atoms with Crippen molar-refractivity contribution in [3.63, 3.8) is 0 Å². The second-order valence-electron chi connectivity index (χ2n) is 4.21. The minimum absolute atomic E-state index is 0.0311. The average molecular weight is 358 g/mol. The first-order chi connectivity index (χ1) is 9.54. The molecule has 0 aliphatic rings. The molecule has 0 atom stereocenters. The lowest BCUT2D eigenvalue weighted by Crippen LogP contribution is -2.13. The van der Waals surface area contributed by atoms with Gasteiger partial charge in [0.15, 0.2) is 5.78 Å². The highest BCUT2D eigenvalue weighted by Crippen LogP contribution is 2.18. The first-order valence-electron chi connectivity index (χ1n) is 5.88. The van der Waals surface area contributed by atoms with Gasteiger partial charge in [-0.1, -0.05) is 17.7 Å². The third kappa shape index (κ3) is 4.32. The minimum atomic E-state index is -0.349. The van der Waals surface area contributed by atoms with Crippen LogP contribution < -0.4 is 4.74 Å². The quantitative estimate of drug-likeness (QED) is 0.791. The van der Waals surface area contributed by atoms with Gasteiger partial charge in [0.05, 0.1) is 4.47 Å². The molecule has 0 fully saturated rings. The molecule has 0 spiro atoms. The maximum absolute atomic E-state index is 13.1. The predicted octanol–water partition coefficient (Wildman–Crippen LogP) is 4.43. The van der Waals surface area contributed by atoms with Crippen LogP contribution in [-0.2, 0) is 11.2 Å². The molecule has 0 saturated heterocycles. The van der Waals surface area contributed by atoms with Gasteiger partial charge in [-0.15, -0.1) is 0 Å². The van der Waals surface area contributed by atoms with Gasteiger partial charge < -0.3 is 4.74 Å². The Hall–Kier alpha value is -1.39. The number of carbonyl (C=O) groups is 1. The van der Waals surface area contributed by atoms with Crippen molar-refractivity contribution < 1.29 is 13.9 Å². The van der Waals surface area contributed by atoms with Crippen molar-refractivity contribution in [3.8, 4) is 5.75 Å². The number of hydrogen-bond donors (Lipinski definition) is 0. The predicted molar refractivity (Wildman–Crippen MR) is 79.8 cm³/mol. The number of carbonyl (C=O) groups excluding carboxylic acids is 1. The number of halogens is 3. The van der Waals surface area contributed by atoms with E-state index in [1.165, 1.54) is 6.07 Å². The van der Waals surface area contributed by atoms with Crippen molar-refractivity contribution in [2.24, 2.45) is 0 Å². The summed E-state index contributed by atoms with van der Waals surface area (Å²) in [5.74, 6) is 0.153. The standard InChI is InChI=1S/C15H11BrClFO2/c16-14-8-10(1-6-15(14)18)7-12(19)9-20-13-4-2-11(17)3-5-13/h1-6,8H,7,9H2. The number of ketones is 1. The summed E-state index contributed by atoms with van der Waals surface area (Å²) in [6.45, 7) is -0.0311. The van der Waals surface area contributed by atoms with Crippen LogP contribution in [0.4, 0.5) is 4.39 Å². The molecular weight excluding hydrogens is 347 g/mol. The summed E-state index contributed by atoms with van der Waals surface area (Å²) in [5, 5.41) is 0.611. The molecule has 2 nitrogen and oxygen atoms in total. The topological polar surface area (TPSA) is 26.3 Å². The Kier molecular flexibility index (Phi) is 5.15. The average Bonchev–Trinajstić information content (AvgIpc) is 2.42. The molecule has 0 aliphatic heterocycles. The van der Waals surface area contributed by atoms with Crippen molar-refractivity contribution >= 4 is 33.3 Å². The maximum atomic E-state index is 13.1. The maximum Gasteiger partial charge on any atom is 0.174 e. The zero-order valence-electron chi connectivity index (χ0n) is 10.4. The Balaban J connectivity index is 1.89. The Bertz CT molecular complexity index is 614. The fraction of sp³-hybridized carbons (Fsp3) is 0.133. The number of rotatable bonds is 5. The highest BCUT2D eigenvalue weighted by molar-refractivity contribution is 9.10. The molecule has 0 radical (unpaired) electrons. The molecule has 104 valence electrons. The molecule has 0 amide bonds. The van der Waals surface area contributed by atoms with E-state index in [1.807, 2.05) is 0 Å². The summed E-state index contributed by atoms with van der Waals surface area (Å²) in [7, 11) is 0. The molecule has 2 aromatic rings. The highest BCUT2D eigenvalue weighted by atomic mass is 79.9. The third-order valence-electron chi connectivity index (χ3n) is 2.60. The van der Waals surface area contributed by atoms with Crippen LogP contribution in [0.3, 0.4) is 0 Å². The van der Waals surface area contributed by atoms with Gasteiger partial charge in [-0.05, 0) is 57.9 Å². The summed E-state index contributed by atoms with van der Waals surface area (Å²) in [4.78, 5) is 11.8. The van der Waals surface area contributed by atoms with Crippen LogP contribution >= 0.6 is 27.5 Å². The van der Waals surface area contributed by atoms with Gasteiger partial charge in [-0.25, -0.2) is 4.39 Å². The molecule has 20 heavy (non-hydrogen) atoms. The van der Waals surface area contributed by atoms with E-state index in [0.717, 1.165) is 5.56 Å². The van der Waals surface area contributed by atoms with Gasteiger partial charge in [-0.2, -0.15) is 0 Å². The molecule has 0 saturated carbocycles. The molecule has 0 aliphatic carbocycles. The Labute approximate surface area is 129 Å². The fourth-order valence-corrected chi connectivity index (χ4v) is 2.18. The largest absolute Gasteiger partial charge is 0.486 e. The smallest absolute Gasteiger partial charge is 0.174 e. The van der Waals surface area contributed by atoms with E-state index in [4.69, 9.17) is 16.3 Å². The molecule has 0 bridgehead atoms. The van der Waals surface area contributed by atoms with Gasteiger partial charge in [-0.3, -0.25) is 4.79 Å². The summed E-state index contributed by atoms with van der Waals surface area (Å²) in [6, 6.07) is 11.3. The molecule has 0 heterocycles. The summed E-state index contributed by atoms with van der Waals surface area (Å²) >= 11 is 8.84. The number of hydrogen-bond acceptors (Lipinski definition) is 2. The van der Waals surface area contributed by atoms with Crippen molar-refractivity contribution in [1.29, 1.82) is 0 Å². The van der Waals surface area contributed by atoms with Crippen molar-refractivity contribution in [2.75, 3.05) is 6.61 Å². The van der Waals surface area contributed by atoms with Crippen LogP contribution in [-0.4, -0.2) is 12.4 Å². The van der Waals surface area contributed by atoms with Crippen LogP contribution in [0.15, 0.2) is 46.9 Å². The van der Waals surface area contributed by atoms with Gasteiger partial charge in [0.2, 0.25) is 0 Å². The van der Waals surface area contributed by atoms with E-state index in [2.05, 4.69) is 15.9 Å². The normalized spacial score (nSPS) is 10.3.